The van der Waals surface area contributed by atoms with Crippen LogP contribution in [-0.2, 0) is 6.54 Å². The van der Waals surface area contributed by atoms with Gasteiger partial charge in [-0.2, -0.15) is 0 Å². The van der Waals surface area contributed by atoms with Crippen molar-refractivity contribution in [1.82, 2.24) is 10.3 Å². The number of rotatable bonds is 3. The highest BCUT2D eigenvalue weighted by atomic mass is 15.2. The van der Waals surface area contributed by atoms with Crippen LogP contribution in [0.4, 0.5) is 5.69 Å². The molecule has 3 nitrogen and oxygen atoms in total. The molecule has 2 atom stereocenters. The van der Waals surface area contributed by atoms with E-state index in [1.54, 1.807) is 0 Å². The molecule has 0 radical (unpaired) electrons. The Morgan fingerprint density at radius 3 is 2.84 bits per heavy atom. The van der Waals surface area contributed by atoms with Crippen molar-refractivity contribution < 1.29 is 0 Å². The van der Waals surface area contributed by atoms with Crippen LogP contribution in [-0.4, -0.2) is 23.1 Å². The fourth-order valence-electron chi connectivity index (χ4n) is 3.34. The third-order valence-electron chi connectivity index (χ3n) is 4.34. The molecule has 1 saturated heterocycles. The molecule has 1 saturated carbocycles. The lowest BCUT2D eigenvalue weighted by Crippen LogP contribution is -2.35. The van der Waals surface area contributed by atoms with Crippen LogP contribution in [0.1, 0.15) is 45.7 Å². The van der Waals surface area contributed by atoms with E-state index >= 15 is 0 Å². The zero-order chi connectivity index (χ0) is 13.5. The predicted molar refractivity (Wildman–Crippen MR) is 79.3 cm³/mol. The minimum Gasteiger partial charge on any atom is -0.368 e. The Labute approximate surface area is 116 Å². The average Bonchev–Trinajstić information content (AvgIpc) is 2.98. The van der Waals surface area contributed by atoms with Crippen molar-refractivity contribution >= 4 is 5.69 Å². The molecular weight excluding hydrogens is 234 g/mol. The van der Waals surface area contributed by atoms with E-state index in [4.69, 9.17) is 0 Å². The van der Waals surface area contributed by atoms with Gasteiger partial charge < -0.3 is 10.2 Å². The highest BCUT2D eigenvalue weighted by Crippen LogP contribution is 2.40. The van der Waals surface area contributed by atoms with Crippen LogP contribution in [0.25, 0.3) is 0 Å². The Morgan fingerprint density at radius 2 is 2.21 bits per heavy atom. The second-order valence-corrected chi connectivity index (χ2v) is 7.09. The van der Waals surface area contributed by atoms with Crippen LogP contribution in [0.15, 0.2) is 18.3 Å². The SMILES string of the molecule is CC(C)(C)NCc1cc(N2CC3CCC2C3)ccn1. The van der Waals surface area contributed by atoms with E-state index < -0.39 is 0 Å². The fraction of sp³-hybridized carbons (Fsp3) is 0.688. The van der Waals surface area contributed by atoms with Crippen LogP contribution < -0.4 is 10.2 Å². The molecule has 0 aromatic carbocycles. The molecule has 1 aliphatic carbocycles. The summed E-state index contributed by atoms with van der Waals surface area (Å²) in [5, 5.41) is 3.51. The quantitative estimate of drug-likeness (QED) is 0.904. The van der Waals surface area contributed by atoms with Gasteiger partial charge in [0.2, 0.25) is 0 Å². The van der Waals surface area contributed by atoms with E-state index in [0.717, 1.165) is 24.2 Å². The molecule has 19 heavy (non-hydrogen) atoms. The van der Waals surface area contributed by atoms with Gasteiger partial charge in [-0.15, -0.1) is 0 Å². The molecule has 3 rings (SSSR count). The zero-order valence-electron chi connectivity index (χ0n) is 12.3. The largest absolute Gasteiger partial charge is 0.368 e. The number of hydrogen-bond donors (Lipinski definition) is 1. The Bertz CT molecular complexity index is 450. The van der Waals surface area contributed by atoms with E-state index in [-0.39, 0.29) is 5.54 Å². The molecule has 3 heteroatoms. The normalized spacial score (nSPS) is 26.2. The van der Waals surface area contributed by atoms with E-state index in [2.05, 4.69) is 48.1 Å². The topological polar surface area (TPSA) is 28.2 Å². The van der Waals surface area contributed by atoms with Gasteiger partial charge in [-0.25, -0.2) is 0 Å². The van der Waals surface area contributed by atoms with E-state index in [1.807, 2.05) is 6.20 Å². The number of aromatic nitrogens is 1. The molecule has 2 fully saturated rings. The van der Waals surface area contributed by atoms with E-state index in [1.165, 1.54) is 31.5 Å². The number of hydrogen-bond acceptors (Lipinski definition) is 3. The molecule has 2 heterocycles. The highest BCUT2D eigenvalue weighted by molar-refractivity contribution is 5.49. The molecular formula is C16H25N3. The van der Waals surface area contributed by atoms with Crippen LogP contribution in [0.5, 0.6) is 0 Å². The molecule has 0 amide bonds. The van der Waals surface area contributed by atoms with Crippen molar-refractivity contribution in [3.8, 4) is 0 Å². The molecule has 2 bridgehead atoms. The highest BCUT2D eigenvalue weighted by Gasteiger charge is 2.37. The van der Waals surface area contributed by atoms with Gasteiger partial charge in [0.25, 0.3) is 0 Å². The first-order valence-electron chi connectivity index (χ1n) is 7.48. The maximum atomic E-state index is 4.49. The Morgan fingerprint density at radius 1 is 1.37 bits per heavy atom. The van der Waals surface area contributed by atoms with Crippen LogP contribution in [0.2, 0.25) is 0 Å². The van der Waals surface area contributed by atoms with Gasteiger partial charge in [0.15, 0.2) is 0 Å². The summed E-state index contributed by atoms with van der Waals surface area (Å²) in [6.07, 6.45) is 6.17. The number of nitrogens with zero attached hydrogens (tertiary/aromatic N) is 2. The molecule has 1 N–H and O–H groups in total. The molecule has 0 spiro atoms. The summed E-state index contributed by atoms with van der Waals surface area (Å²) in [5.41, 5.74) is 2.66. The second kappa shape index (κ2) is 4.78. The zero-order valence-corrected chi connectivity index (χ0v) is 12.3. The molecule has 2 aliphatic rings. The number of anilines is 1. The van der Waals surface area contributed by atoms with Gasteiger partial charge in [0.05, 0.1) is 5.69 Å². The van der Waals surface area contributed by atoms with Crippen molar-refractivity contribution in [1.29, 1.82) is 0 Å². The lowest BCUT2D eigenvalue weighted by Gasteiger charge is -2.29. The summed E-state index contributed by atoms with van der Waals surface area (Å²) < 4.78 is 0. The molecule has 104 valence electrons. The van der Waals surface area contributed by atoms with Crippen LogP contribution in [0.3, 0.4) is 0 Å². The predicted octanol–water partition coefficient (Wildman–Crippen LogP) is 2.96. The van der Waals surface area contributed by atoms with Crippen molar-refractivity contribution in [3.05, 3.63) is 24.0 Å². The summed E-state index contributed by atoms with van der Waals surface area (Å²) in [5.74, 6) is 0.939. The van der Waals surface area contributed by atoms with Crippen molar-refractivity contribution in [2.45, 2.75) is 58.2 Å². The maximum Gasteiger partial charge on any atom is 0.0562 e. The van der Waals surface area contributed by atoms with Gasteiger partial charge in [0.1, 0.15) is 0 Å². The number of pyridine rings is 1. The van der Waals surface area contributed by atoms with Crippen LogP contribution in [0, 0.1) is 5.92 Å². The number of nitrogens with one attached hydrogen (secondary N) is 1. The van der Waals surface area contributed by atoms with Gasteiger partial charge in [0, 0.05) is 36.6 Å². The van der Waals surface area contributed by atoms with Gasteiger partial charge in [-0.05, 0) is 58.1 Å². The van der Waals surface area contributed by atoms with E-state index in [9.17, 15) is 0 Å². The van der Waals surface area contributed by atoms with Crippen molar-refractivity contribution in [2.75, 3.05) is 11.4 Å². The first-order chi connectivity index (χ1) is 9.01. The summed E-state index contributed by atoms with van der Waals surface area (Å²) >= 11 is 0. The molecule has 1 aromatic rings. The van der Waals surface area contributed by atoms with Crippen molar-refractivity contribution in [2.24, 2.45) is 5.92 Å². The standard InChI is InChI=1S/C16H25N3/c1-16(2,3)18-10-13-9-15(6-7-17-13)19-11-12-4-5-14(19)8-12/h6-7,9,12,14,18H,4-5,8,10-11H2,1-3H3. The Kier molecular flexibility index (Phi) is 3.25. The average molecular weight is 259 g/mol. The smallest absolute Gasteiger partial charge is 0.0562 e. The minimum atomic E-state index is 0.143. The summed E-state index contributed by atoms with van der Waals surface area (Å²) in [4.78, 5) is 7.08. The van der Waals surface area contributed by atoms with Gasteiger partial charge >= 0.3 is 0 Å². The number of fused-ring (bicyclic) bond motifs is 2. The summed E-state index contributed by atoms with van der Waals surface area (Å²) in [6.45, 7) is 8.67. The Balaban J connectivity index is 1.70. The van der Waals surface area contributed by atoms with Crippen LogP contribution >= 0.6 is 0 Å². The minimum absolute atomic E-state index is 0.143. The maximum absolute atomic E-state index is 4.49. The van der Waals surface area contributed by atoms with E-state index in [0.29, 0.717) is 0 Å². The third-order valence-corrected chi connectivity index (χ3v) is 4.34. The summed E-state index contributed by atoms with van der Waals surface area (Å²) in [7, 11) is 0. The van der Waals surface area contributed by atoms with Gasteiger partial charge in [-0.1, -0.05) is 0 Å². The number of piperidine rings is 1. The lowest BCUT2D eigenvalue weighted by molar-refractivity contribution is 0.421. The fourth-order valence-corrected chi connectivity index (χ4v) is 3.34. The van der Waals surface area contributed by atoms with Crippen molar-refractivity contribution in [3.63, 3.8) is 0 Å². The second-order valence-electron chi connectivity index (χ2n) is 7.09. The third kappa shape index (κ3) is 2.92. The molecule has 1 aromatic heterocycles. The molecule has 1 aliphatic heterocycles. The Hall–Kier alpha value is -1.09. The molecule has 2 unspecified atom stereocenters. The first-order valence-corrected chi connectivity index (χ1v) is 7.48. The lowest BCUT2D eigenvalue weighted by atomic mass is 10.1. The first kappa shape index (κ1) is 12.9. The van der Waals surface area contributed by atoms with Gasteiger partial charge in [-0.3, -0.25) is 4.98 Å². The summed E-state index contributed by atoms with van der Waals surface area (Å²) in [6, 6.07) is 5.22. The monoisotopic (exact) mass is 259 g/mol.